The first-order valence-electron chi connectivity index (χ1n) is 9.60. The van der Waals surface area contributed by atoms with Crippen LogP contribution in [0.5, 0.6) is 0 Å². The molecule has 1 aliphatic carbocycles. The van der Waals surface area contributed by atoms with Crippen molar-refractivity contribution >= 4 is 17.5 Å². The number of imidazole rings is 1. The van der Waals surface area contributed by atoms with Gasteiger partial charge in [-0.05, 0) is 44.6 Å². The predicted octanol–water partition coefficient (Wildman–Crippen LogP) is 4.87. The number of carbonyl (C=O) groups excluding carboxylic acids is 1. The van der Waals surface area contributed by atoms with E-state index in [-0.39, 0.29) is 17.9 Å². The third kappa shape index (κ3) is 3.27. The second-order valence-corrected chi connectivity index (χ2v) is 8.51. The highest BCUT2D eigenvalue weighted by atomic mass is 35.5. The van der Waals surface area contributed by atoms with Gasteiger partial charge in [0.2, 0.25) is 5.91 Å². The molecule has 0 bridgehead atoms. The molecule has 6 heteroatoms. The molecule has 2 heterocycles. The van der Waals surface area contributed by atoms with Crippen molar-refractivity contribution < 1.29 is 9.18 Å². The minimum Gasteiger partial charge on any atom is -0.349 e. The van der Waals surface area contributed by atoms with Gasteiger partial charge in [-0.25, -0.2) is 9.37 Å². The van der Waals surface area contributed by atoms with Gasteiger partial charge in [0, 0.05) is 36.2 Å². The number of rotatable bonds is 4. The van der Waals surface area contributed by atoms with Crippen molar-refractivity contribution in [2.24, 2.45) is 5.92 Å². The Hall–Kier alpha value is -1.88. The summed E-state index contributed by atoms with van der Waals surface area (Å²) in [6, 6.07) is 5.93. The summed E-state index contributed by atoms with van der Waals surface area (Å²) in [6.07, 6.45) is 6.99. The molecule has 0 N–H and O–H groups in total. The van der Waals surface area contributed by atoms with E-state index in [1.54, 1.807) is 19.0 Å². The van der Waals surface area contributed by atoms with Crippen molar-refractivity contribution in [1.82, 2.24) is 14.5 Å². The molecule has 0 spiro atoms. The Labute approximate surface area is 164 Å². The van der Waals surface area contributed by atoms with Crippen molar-refractivity contribution in [2.75, 3.05) is 14.1 Å². The Bertz CT molecular complexity index is 855. The molecule has 1 atom stereocenters. The molecule has 2 aliphatic rings. The largest absolute Gasteiger partial charge is 0.349 e. The average molecular weight is 390 g/mol. The van der Waals surface area contributed by atoms with E-state index in [9.17, 15) is 4.79 Å². The predicted molar refractivity (Wildman–Crippen MR) is 105 cm³/mol. The Kier molecular flexibility index (Phi) is 4.75. The first-order valence-corrected chi connectivity index (χ1v) is 9.98. The molecular weight excluding hydrogens is 365 g/mol. The molecule has 144 valence electrons. The van der Waals surface area contributed by atoms with Crippen LogP contribution in [-0.2, 0) is 4.79 Å². The molecule has 1 aromatic carbocycles. The summed E-state index contributed by atoms with van der Waals surface area (Å²) >= 11 is 6.48. The Balaban J connectivity index is 1.46. The minimum atomic E-state index is -1.20. The average Bonchev–Trinajstić information content (AvgIpc) is 3.22. The molecule has 1 aliphatic heterocycles. The number of nitrogens with zero attached hydrogens (tertiary/aromatic N) is 3. The number of carbonyl (C=O) groups is 1. The van der Waals surface area contributed by atoms with Gasteiger partial charge in [-0.15, -0.1) is 0 Å². The lowest BCUT2D eigenvalue weighted by molar-refractivity contribution is -0.135. The molecule has 1 fully saturated rings. The molecule has 1 unspecified atom stereocenters. The van der Waals surface area contributed by atoms with Crippen molar-refractivity contribution in [2.45, 2.75) is 50.2 Å². The number of benzene rings is 1. The minimum absolute atomic E-state index is 0.0277. The molecule has 1 amide bonds. The van der Waals surface area contributed by atoms with Crippen LogP contribution >= 0.6 is 11.6 Å². The van der Waals surface area contributed by atoms with Gasteiger partial charge in [0.05, 0.1) is 24.3 Å². The third-order valence-electron chi connectivity index (χ3n) is 6.20. The van der Waals surface area contributed by atoms with Crippen LogP contribution in [0.2, 0.25) is 5.02 Å². The summed E-state index contributed by atoms with van der Waals surface area (Å²) < 4.78 is 17.6. The fourth-order valence-electron chi connectivity index (χ4n) is 4.68. The highest BCUT2D eigenvalue weighted by molar-refractivity contribution is 6.32. The first-order chi connectivity index (χ1) is 12.9. The standard InChI is InChI=1S/C21H25ClFN3O/c1-25(2)20(27)14-6-9-21(23,10-7-14)11-8-17-19-15(4-3-5-16(19)22)18-12-24-13-26(17)18/h3-5,12-14,17H,6-11H2,1-2H3. The van der Waals surface area contributed by atoms with Crippen LogP contribution in [0.1, 0.15) is 50.1 Å². The molecule has 4 nitrogen and oxygen atoms in total. The van der Waals surface area contributed by atoms with E-state index >= 15 is 4.39 Å². The monoisotopic (exact) mass is 389 g/mol. The first kappa shape index (κ1) is 18.5. The van der Waals surface area contributed by atoms with E-state index in [1.165, 1.54) is 0 Å². The number of amides is 1. The lowest BCUT2D eigenvalue weighted by Crippen LogP contribution is -2.37. The van der Waals surface area contributed by atoms with Crippen LogP contribution in [0.3, 0.4) is 0 Å². The molecule has 1 saturated carbocycles. The fraction of sp³-hybridized carbons (Fsp3) is 0.524. The number of hydrogen-bond donors (Lipinski definition) is 0. The maximum Gasteiger partial charge on any atom is 0.225 e. The van der Waals surface area contributed by atoms with Gasteiger partial charge < -0.3 is 9.47 Å². The summed E-state index contributed by atoms with van der Waals surface area (Å²) in [5.41, 5.74) is 2.02. The van der Waals surface area contributed by atoms with E-state index in [4.69, 9.17) is 11.6 Å². The molecule has 0 saturated heterocycles. The normalized spacial score (nSPS) is 26.5. The smallest absolute Gasteiger partial charge is 0.225 e. The third-order valence-corrected chi connectivity index (χ3v) is 6.53. The van der Waals surface area contributed by atoms with Crippen LogP contribution in [0, 0.1) is 5.92 Å². The SMILES string of the molecule is CN(C)C(=O)C1CCC(F)(CCC2c3c(Cl)cccc3-c3cncn32)CC1. The number of alkyl halides is 1. The maximum atomic E-state index is 15.5. The van der Waals surface area contributed by atoms with Gasteiger partial charge >= 0.3 is 0 Å². The van der Waals surface area contributed by atoms with E-state index in [1.807, 2.05) is 24.7 Å². The molecule has 2 aromatic rings. The highest BCUT2D eigenvalue weighted by Crippen LogP contribution is 2.47. The van der Waals surface area contributed by atoms with Crippen LogP contribution in [0.25, 0.3) is 11.3 Å². The van der Waals surface area contributed by atoms with Crippen molar-refractivity contribution in [3.63, 3.8) is 0 Å². The zero-order valence-corrected chi connectivity index (χ0v) is 16.5. The van der Waals surface area contributed by atoms with Crippen molar-refractivity contribution in [3.05, 3.63) is 41.3 Å². The Morgan fingerprint density at radius 2 is 2.11 bits per heavy atom. The molecular formula is C21H25ClFN3O. The topological polar surface area (TPSA) is 38.1 Å². The lowest BCUT2D eigenvalue weighted by atomic mass is 9.76. The van der Waals surface area contributed by atoms with E-state index in [0.717, 1.165) is 21.8 Å². The second-order valence-electron chi connectivity index (χ2n) is 8.10. The van der Waals surface area contributed by atoms with Gasteiger partial charge in [-0.2, -0.15) is 0 Å². The van der Waals surface area contributed by atoms with Crippen molar-refractivity contribution in [3.8, 4) is 11.3 Å². The lowest BCUT2D eigenvalue weighted by Gasteiger charge is -2.35. The number of halogens is 2. The second kappa shape index (κ2) is 6.93. The van der Waals surface area contributed by atoms with E-state index in [0.29, 0.717) is 38.5 Å². The molecule has 1 aromatic heterocycles. The van der Waals surface area contributed by atoms with Gasteiger partial charge in [0.25, 0.3) is 0 Å². The zero-order chi connectivity index (χ0) is 19.2. The van der Waals surface area contributed by atoms with Crippen molar-refractivity contribution in [1.29, 1.82) is 0 Å². The number of hydrogen-bond acceptors (Lipinski definition) is 2. The zero-order valence-electron chi connectivity index (χ0n) is 15.8. The highest BCUT2D eigenvalue weighted by Gasteiger charge is 2.39. The summed E-state index contributed by atoms with van der Waals surface area (Å²) in [5.74, 6) is 0.0855. The van der Waals surface area contributed by atoms with Crippen LogP contribution in [0.15, 0.2) is 30.7 Å². The quantitative estimate of drug-likeness (QED) is 0.747. The summed E-state index contributed by atoms with van der Waals surface area (Å²) in [5, 5.41) is 0.731. The molecule has 27 heavy (non-hydrogen) atoms. The fourth-order valence-corrected chi connectivity index (χ4v) is 4.98. The van der Waals surface area contributed by atoms with Gasteiger partial charge in [-0.1, -0.05) is 23.7 Å². The Morgan fingerprint density at radius 3 is 2.81 bits per heavy atom. The van der Waals surface area contributed by atoms with Gasteiger partial charge in [0.15, 0.2) is 0 Å². The van der Waals surface area contributed by atoms with E-state index < -0.39 is 5.67 Å². The van der Waals surface area contributed by atoms with Crippen LogP contribution in [0.4, 0.5) is 4.39 Å². The maximum absolute atomic E-state index is 15.5. The summed E-state index contributed by atoms with van der Waals surface area (Å²) in [4.78, 5) is 18.0. The van der Waals surface area contributed by atoms with Gasteiger partial charge in [-0.3, -0.25) is 4.79 Å². The Morgan fingerprint density at radius 1 is 1.37 bits per heavy atom. The molecule has 0 radical (unpaired) electrons. The van der Waals surface area contributed by atoms with Gasteiger partial charge in [0.1, 0.15) is 5.67 Å². The number of fused-ring (bicyclic) bond motifs is 3. The van der Waals surface area contributed by atoms with Crippen LogP contribution in [-0.4, -0.2) is 40.1 Å². The summed E-state index contributed by atoms with van der Waals surface area (Å²) in [6.45, 7) is 0. The molecule has 4 rings (SSSR count). The van der Waals surface area contributed by atoms with E-state index in [2.05, 4.69) is 15.6 Å². The summed E-state index contributed by atoms with van der Waals surface area (Å²) in [7, 11) is 3.53. The van der Waals surface area contributed by atoms with Crippen LogP contribution < -0.4 is 0 Å². The number of aromatic nitrogens is 2.